The van der Waals surface area contributed by atoms with Crippen LogP contribution < -0.4 is 11.1 Å². The fourth-order valence-electron chi connectivity index (χ4n) is 1.83. The third-order valence-electron chi connectivity index (χ3n) is 2.99. The van der Waals surface area contributed by atoms with Gasteiger partial charge in [-0.25, -0.2) is 4.79 Å². The van der Waals surface area contributed by atoms with Crippen LogP contribution in [0.3, 0.4) is 0 Å². The van der Waals surface area contributed by atoms with Crippen molar-refractivity contribution in [2.24, 2.45) is 5.92 Å². The predicted octanol–water partition coefficient (Wildman–Crippen LogP) is 2.18. The minimum atomic E-state index is -0.925. The smallest absolute Gasteiger partial charge is 0.337 e. The van der Waals surface area contributed by atoms with E-state index in [1.807, 2.05) is 0 Å². The number of rotatable bonds is 4. The van der Waals surface area contributed by atoms with Gasteiger partial charge in [0.2, 0.25) is 0 Å². The largest absolute Gasteiger partial charge is 0.478 e. The maximum atomic E-state index is 11.0. The maximum Gasteiger partial charge on any atom is 0.337 e. The summed E-state index contributed by atoms with van der Waals surface area (Å²) in [5, 5.41) is 12.3. The van der Waals surface area contributed by atoms with Crippen LogP contribution in [0.15, 0.2) is 18.2 Å². The van der Waals surface area contributed by atoms with Crippen molar-refractivity contribution < 1.29 is 9.90 Å². The average Bonchev–Trinajstić information content (AvgIpc) is 2.99. The Morgan fingerprint density at radius 3 is 2.81 bits per heavy atom. The normalized spacial score (nSPS) is 16.8. The van der Waals surface area contributed by atoms with Gasteiger partial charge in [-0.1, -0.05) is 0 Å². The van der Waals surface area contributed by atoms with Gasteiger partial charge in [0.25, 0.3) is 0 Å². The highest BCUT2D eigenvalue weighted by Gasteiger charge is 2.28. The van der Waals surface area contributed by atoms with Gasteiger partial charge in [-0.3, -0.25) is 0 Å². The van der Waals surface area contributed by atoms with Gasteiger partial charge in [-0.05, 0) is 43.9 Å². The molecule has 1 aliphatic rings. The van der Waals surface area contributed by atoms with E-state index in [0.29, 0.717) is 23.3 Å². The molecule has 2 rings (SSSR count). The van der Waals surface area contributed by atoms with Gasteiger partial charge in [0.05, 0.1) is 11.3 Å². The number of carboxylic acid groups (broad SMARTS) is 1. The number of nitrogen functional groups attached to an aromatic ring is 1. The zero-order valence-corrected chi connectivity index (χ0v) is 9.23. The summed E-state index contributed by atoms with van der Waals surface area (Å²) in [7, 11) is 0. The number of anilines is 2. The lowest BCUT2D eigenvalue weighted by Crippen LogP contribution is -2.19. The van der Waals surface area contributed by atoms with Crippen LogP contribution in [0.1, 0.15) is 30.1 Å². The van der Waals surface area contributed by atoms with E-state index in [2.05, 4.69) is 12.2 Å². The SMILES string of the molecule is CC(Nc1cc(N)ccc1C(=O)O)C1CC1. The number of nitrogens with one attached hydrogen (secondary N) is 1. The Morgan fingerprint density at radius 2 is 2.25 bits per heavy atom. The van der Waals surface area contributed by atoms with Crippen LogP contribution in [0.5, 0.6) is 0 Å². The van der Waals surface area contributed by atoms with Gasteiger partial charge in [0, 0.05) is 11.7 Å². The summed E-state index contributed by atoms with van der Waals surface area (Å²) < 4.78 is 0. The van der Waals surface area contributed by atoms with E-state index in [1.165, 1.54) is 12.8 Å². The third-order valence-corrected chi connectivity index (χ3v) is 2.99. The van der Waals surface area contributed by atoms with Gasteiger partial charge in [-0.2, -0.15) is 0 Å². The van der Waals surface area contributed by atoms with Crippen molar-refractivity contribution in [3.8, 4) is 0 Å². The Kier molecular flexibility index (Phi) is 2.73. The highest BCUT2D eigenvalue weighted by atomic mass is 16.4. The first-order valence-corrected chi connectivity index (χ1v) is 5.47. The summed E-state index contributed by atoms with van der Waals surface area (Å²) in [5.74, 6) is -0.256. The van der Waals surface area contributed by atoms with Crippen LogP contribution in [-0.4, -0.2) is 17.1 Å². The second kappa shape index (κ2) is 4.04. The Hall–Kier alpha value is -1.71. The number of carboxylic acids is 1. The third kappa shape index (κ3) is 2.27. The molecule has 4 nitrogen and oxygen atoms in total. The first-order chi connectivity index (χ1) is 7.58. The van der Waals surface area contributed by atoms with Crippen molar-refractivity contribution in [3.63, 3.8) is 0 Å². The maximum absolute atomic E-state index is 11.0. The molecule has 4 N–H and O–H groups in total. The molecular formula is C12H16N2O2. The van der Waals surface area contributed by atoms with Crippen molar-refractivity contribution in [1.29, 1.82) is 0 Å². The van der Waals surface area contributed by atoms with Gasteiger partial charge in [0.15, 0.2) is 0 Å². The Balaban J connectivity index is 2.22. The monoisotopic (exact) mass is 220 g/mol. The predicted molar refractivity (Wildman–Crippen MR) is 63.6 cm³/mol. The molecule has 1 saturated carbocycles. The van der Waals surface area contributed by atoms with E-state index in [0.717, 1.165) is 0 Å². The molecule has 0 heterocycles. The van der Waals surface area contributed by atoms with Crippen LogP contribution in [0.2, 0.25) is 0 Å². The van der Waals surface area contributed by atoms with E-state index in [-0.39, 0.29) is 5.56 Å². The molecule has 86 valence electrons. The molecule has 1 atom stereocenters. The number of benzene rings is 1. The van der Waals surface area contributed by atoms with Crippen LogP contribution >= 0.6 is 0 Å². The molecule has 0 bridgehead atoms. The van der Waals surface area contributed by atoms with Gasteiger partial charge in [-0.15, -0.1) is 0 Å². The number of hydrogen-bond acceptors (Lipinski definition) is 3. The van der Waals surface area contributed by atoms with E-state index < -0.39 is 5.97 Å². The topological polar surface area (TPSA) is 75.3 Å². The lowest BCUT2D eigenvalue weighted by Gasteiger charge is -2.16. The van der Waals surface area contributed by atoms with E-state index in [9.17, 15) is 4.79 Å². The average molecular weight is 220 g/mol. The molecule has 1 unspecified atom stereocenters. The molecular weight excluding hydrogens is 204 g/mol. The van der Waals surface area contributed by atoms with Crippen LogP contribution in [0.25, 0.3) is 0 Å². The first-order valence-electron chi connectivity index (χ1n) is 5.47. The van der Waals surface area contributed by atoms with Gasteiger partial charge in [0.1, 0.15) is 0 Å². The Labute approximate surface area is 94.5 Å². The molecule has 1 aliphatic carbocycles. The van der Waals surface area contributed by atoms with E-state index in [1.54, 1.807) is 18.2 Å². The van der Waals surface area contributed by atoms with Crippen LogP contribution in [-0.2, 0) is 0 Å². The van der Waals surface area contributed by atoms with Crippen molar-refractivity contribution >= 4 is 17.3 Å². The molecule has 4 heteroatoms. The van der Waals surface area contributed by atoms with Crippen LogP contribution in [0.4, 0.5) is 11.4 Å². The molecule has 1 aromatic carbocycles. The summed E-state index contributed by atoms with van der Waals surface area (Å²) in [4.78, 5) is 11.0. The van der Waals surface area contributed by atoms with E-state index >= 15 is 0 Å². The van der Waals surface area contributed by atoms with Gasteiger partial charge < -0.3 is 16.2 Å². The first kappa shape index (κ1) is 10.8. The minimum absolute atomic E-state index is 0.279. The second-order valence-electron chi connectivity index (χ2n) is 4.38. The summed E-state index contributed by atoms with van der Waals surface area (Å²) in [6, 6.07) is 5.14. The molecule has 0 aromatic heterocycles. The lowest BCUT2D eigenvalue weighted by atomic mass is 10.1. The molecule has 0 saturated heterocycles. The number of carbonyl (C=O) groups is 1. The van der Waals surface area contributed by atoms with Crippen molar-refractivity contribution in [2.45, 2.75) is 25.8 Å². The fourth-order valence-corrected chi connectivity index (χ4v) is 1.83. The zero-order chi connectivity index (χ0) is 11.7. The molecule has 0 radical (unpaired) electrons. The minimum Gasteiger partial charge on any atom is -0.478 e. The lowest BCUT2D eigenvalue weighted by molar-refractivity contribution is 0.0698. The quantitative estimate of drug-likeness (QED) is 0.680. The fraction of sp³-hybridized carbons (Fsp3) is 0.417. The number of aromatic carboxylic acids is 1. The number of hydrogen-bond donors (Lipinski definition) is 3. The summed E-state index contributed by atoms with van der Waals surface area (Å²) in [5.41, 5.74) is 7.14. The summed E-state index contributed by atoms with van der Waals surface area (Å²) >= 11 is 0. The van der Waals surface area contributed by atoms with Crippen molar-refractivity contribution in [1.82, 2.24) is 0 Å². The number of nitrogens with two attached hydrogens (primary N) is 1. The van der Waals surface area contributed by atoms with E-state index in [4.69, 9.17) is 10.8 Å². The molecule has 1 fully saturated rings. The molecule has 1 aromatic rings. The highest BCUT2D eigenvalue weighted by molar-refractivity contribution is 5.95. The Morgan fingerprint density at radius 1 is 1.56 bits per heavy atom. The second-order valence-corrected chi connectivity index (χ2v) is 4.38. The van der Waals surface area contributed by atoms with Crippen molar-refractivity contribution in [2.75, 3.05) is 11.1 Å². The molecule has 0 spiro atoms. The summed E-state index contributed by atoms with van der Waals surface area (Å²) in [6.45, 7) is 2.08. The molecule has 0 aliphatic heterocycles. The van der Waals surface area contributed by atoms with Crippen molar-refractivity contribution in [3.05, 3.63) is 23.8 Å². The standard InChI is InChI=1S/C12H16N2O2/c1-7(8-2-3-8)14-11-6-9(13)4-5-10(11)12(15)16/h4-8,14H,2-3,13H2,1H3,(H,15,16). The molecule has 16 heavy (non-hydrogen) atoms. The van der Waals surface area contributed by atoms with Gasteiger partial charge >= 0.3 is 5.97 Å². The molecule has 0 amide bonds. The zero-order valence-electron chi connectivity index (χ0n) is 9.23. The Bertz CT molecular complexity index is 413. The van der Waals surface area contributed by atoms with Crippen LogP contribution in [0, 0.1) is 5.92 Å². The highest BCUT2D eigenvalue weighted by Crippen LogP contribution is 2.34. The summed E-state index contributed by atoms with van der Waals surface area (Å²) in [6.07, 6.45) is 2.44.